The van der Waals surface area contributed by atoms with Gasteiger partial charge in [-0.05, 0) is 54.7 Å². The number of hydrogen-bond donors (Lipinski definition) is 1. The maximum atomic E-state index is 12.5. The minimum Gasteiger partial charge on any atom is -0.491 e. The van der Waals surface area contributed by atoms with Gasteiger partial charge in [0.05, 0.1) is 11.4 Å². The molecule has 0 saturated carbocycles. The zero-order valence-electron chi connectivity index (χ0n) is 16.9. The summed E-state index contributed by atoms with van der Waals surface area (Å²) in [4.78, 5) is 12.5. The monoisotopic (exact) mass is 416 g/mol. The predicted molar refractivity (Wildman–Crippen MR) is 113 cm³/mol. The number of para-hydroxylation sites is 1. The molecule has 1 aliphatic heterocycles. The molecule has 3 rings (SSSR count). The van der Waals surface area contributed by atoms with Gasteiger partial charge in [0, 0.05) is 18.7 Å². The summed E-state index contributed by atoms with van der Waals surface area (Å²) in [6.45, 7) is 6.06. The summed E-state index contributed by atoms with van der Waals surface area (Å²) in [5, 5.41) is 2.81. The van der Waals surface area contributed by atoms with Crippen LogP contribution in [0.15, 0.2) is 53.4 Å². The number of hydrogen-bond acceptors (Lipinski definition) is 4. The van der Waals surface area contributed by atoms with Crippen LogP contribution in [0, 0.1) is 0 Å². The van der Waals surface area contributed by atoms with Crippen molar-refractivity contribution in [2.75, 3.05) is 26.2 Å². The average molecular weight is 417 g/mol. The molecule has 0 aromatic heterocycles. The normalized spacial score (nSPS) is 14.9. The third-order valence-electron chi connectivity index (χ3n) is 5.01. The van der Waals surface area contributed by atoms with Crippen molar-refractivity contribution in [3.63, 3.8) is 0 Å². The van der Waals surface area contributed by atoms with Gasteiger partial charge in [-0.3, -0.25) is 4.79 Å². The van der Waals surface area contributed by atoms with Crippen LogP contribution >= 0.6 is 0 Å². The van der Waals surface area contributed by atoms with Crippen molar-refractivity contribution in [3.05, 3.63) is 59.7 Å². The van der Waals surface area contributed by atoms with E-state index < -0.39 is 10.0 Å². The molecular formula is C22H28N2O4S. The Kier molecular flexibility index (Phi) is 6.92. The van der Waals surface area contributed by atoms with Crippen LogP contribution in [0.1, 0.15) is 48.5 Å². The van der Waals surface area contributed by atoms with Crippen molar-refractivity contribution in [1.29, 1.82) is 0 Å². The third-order valence-corrected chi connectivity index (χ3v) is 6.92. The summed E-state index contributed by atoms with van der Waals surface area (Å²) < 4.78 is 32.4. The Morgan fingerprint density at radius 1 is 1.07 bits per heavy atom. The Balaban J connectivity index is 1.52. The molecule has 0 radical (unpaired) electrons. The summed E-state index contributed by atoms with van der Waals surface area (Å²) in [5.41, 5.74) is 1.56. The van der Waals surface area contributed by atoms with E-state index in [1.165, 1.54) is 16.4 Å². The van der Waals surface area contributed by atoms with Crippen LogP contribution in [0.2, 0.25) is 0 Å². The summed E-state index contributed by atoms with van der Waals surface area (Å²) in [6, 6.07) is 14.0. The van der Waals surface area contributed by atoms with Gasteiger partial charge in [-0.25, -0.2) is 8.42 Å². The lowest BCUT2D eigenvalue weighted by molar-refractivity contribution is 0.0947. The highest BCUT2D eigenvalue weighted by Gasteiger charge is 2.27. The zero-order valence-corrected chi connectivity index (χ0v) is 17.7. The molecule has 1 saturated heterocycles. The lowest BCUT2D eigenvalue weighted by atomic mass is 10.0. The molecule has 156 valence electrons. The smallest absolute Gasteiger partial charge is 0.251 e. The van der Waals surface area contributed by atoms with Gasteiger partial charge in [0.25, 0.3) is 5.91 Å². The largest absolute Gasteiger partial charge is 0.491 e. The Morgan fingerprint density at radius 3 is 2.38 bits per heavy atom. The standard InChI is InChI=1S/C22H28N2O4S/c1-17(2)20-7-3-4-8-21(20)28-16-13-23-22(25)18-9-11-19(12-10-18)29(26,27)24-14-5-6-15-24/h3-4,7-12,17H,5-6,13-16H2,1-2H3,(H,23,25). The van der Waals surface area contributed by atoms with Crippen molar-refractivity contribution in [2.24, 2.45) is 0 Å². The Bertz CT molecular complexity index is 934. The van der Waals surface area contributed by atoms with E-state index in [2.05, 4.69) is 19.2 Å². The van der Waals surface area contributed by atoms with E-state index in [4.69, 9.17) is 4.74 Å². The molecule has 1 aliphatic rings. The van der Waals surface area contributed by atoms with Crippen LogP contribution in [0.5, 0.6) is 5.75 Å². The lowest BCUT2D eigenvalue weighted by Crippen LogP contribution is -2.29. The molecule has 7 heteroatoms. The molecular weight excluding hydrogens is 388 g/mol. The molecule has 0 spiro atoms. The highest BCUT2D eigenvalue weighted by atomic mass is 32.2. The van der Waals surface area contributed by atoms with Crippen LogP contribution in [0.25, 0.3) is 0 Å². The molecule has 6 nitrogen and oxygen atoms in total. The van der Waals surface area contributed by atoms with Crippen LogP contribution in [0.3, 0.4) is 0 Å². The van der Waals surface area contributed by atoms with Crippen molar-refractivity contribution in [3.8, 4) is 5.75 Å². The van der Waals surface area contributed by atoms with Gasteiger partial charge in [-0.2, -0.15) is 4.31 Å². The first-order chi connectivity index (χ1) is 13.9. The van der Waals surface area contributed by atoms with Crippen LogP contribution in [0.4, 0.5) is 0 Å². The number of ether oxygens (including phenoxy) is 1. The zero-order chi connectivity index (χ0) is 20.9. The molecule has 1 N–H and O–H groups in total. The fraction of sp³-hybridized carbons (Fsp3) is 0.409. The molecule has 2 aromatic rings. The Labute approximate surface area is 172 Å². The van der Waals surface area contributed by atoms with Gasteiger partial charge < -0.3 is 10.1 Å². The molecule has 0 bridgehead atoms. The molecule has 2 aromatic carbocycles. The molecule has 0 aliphatic carbocycles. The van der Waals surface area contributed by atoms with Crippen LogP contribution in [-0.4, -0.2) is 44.9 Å². The molecule has 0 unspecified atom stereocenters. The van der Waals surface area contributed by atoms with Gasteiger partial charge in [0.2, 0.25) is 10.0 Å². The number of nitrogens with one attached hydrogen (secondary N) is 1. The van der Waals surface area contributed by atoms with Gasteiger partial charge in [-0.15, -0.1) is 0 Å². The van der Waals surface area contributed by atoms with E-state index in [9.17, 15) is 13.2 Å². The highest BCUT2D eigenvalue weighted by Crippen LogP contribution is 2.25. The van der Waals surface area contributed by atoms with E-state index in [1.54, 1.807) is 12.1 Å². The molecule has 29 heavy (non-hydrogen) atoms. The number of carbonyl (C=O) groups is 1. The van der Waals surface area contributed by atoms with Gasteiger partial charge in [0.1, 0.15) is 12.4 Å². The summed E-state index contributed by atoms with van der Waals surface area (Å²) in [5.74, 6) is 0.931. The van der Waals surface area contributed by atoms with E-state index in [0.717, 1.165) is 24.2 Å². The number of carbonyl (C=O) groups excluding carboxylic acids is 1. The van der Waals surface area contributed by atoms with Crippen molar-refractivity contribution < 1.29 is 17.9 Å². The number of nitrogens with zero attached hydrogens (tertiary/aromatic N) is 1. The summed E-state index contributed by atoms with van der Waals surface area (Å²) in [7, 11) is -3.46. The topological polar surface area (TPSA) is 75.7 Å². The first kappa shape index (κ1) is 21.3. The molecule has 1 heterocycles. The molecule has 1 fully saturated rings. The summed E-state index contributed by atoms with van der Waals surface area (Å²) >= 11 is 0. The van der Waals surface area contributed by atoms with Gasteiger partial charge >= 0.3 is 0 Å². The number of sulfonamides is 1. The SMILES string of the molecule is CC(C)c1ccccc1OCCNC(=O)c1ccc(S(=O)(=O)N2CCCC2)cc1. The van der Waals surface area contributed by atoms with E-state index >= 15 is 0 Å². The lowest BCUT2D eigenvalue weighted by Gasteiger charge is -2.15. The van der Waals surface area contributed by atoms with Crippen molar-refractivity contribution in [1.82, 2.24) is 9.62 Å². The van der Waals surface area contributed by atoms with Crippen molar-refractivity contribution >= 4 is 15.9 Å². The molecule has 1 amide bonds. The maximum Gasteiger partial charge on any atom is 0.251 e. The second-order valence-electron chi connectivity index (χ2n) is 7.43. The minimum absolute atomic E-state index is 0.226. The summed E-state index contributed by atoms with van der Waals surface area (Å²) in [6.07, 6.45) is 1.78. The van der Waals surface area contributed by atoms with Crippen LogP contribution < -0.4 is 10.1 Å². The third kappa shape index (κ3) is 5.16. The second kappa shape index (κ2) is 9.41. The average Bonchev–Trinajstić information content (AvgIpc) is 3.27. The fourth-order valence-corrected chi connectivity index (χ4v) is 4.89. The number of rotatable bonds is 8. The highest BCUT2D eigenvalue weighted by molar-refractivity contribution is 7.89. The fourth-order valence-electron chi connectivity index (χ4n) is 3.37. The first-order valence-corrected chi connectivity index (χ1v) is 11.4. The number of benzene rings is 2. The van der Waals surface area contributed by atoms with Crippen LogP contribution in [-0.2, 0) is 10.0 Å². The van der Waals surface area contributed by atoms with Gasteiger partial charge in [-0.1, -0.05) is 32.0 Å². The van der Waals surface area contributed by atoms with E-state index in [1.807, 2.05) is 24.3 Å². The Hall–Kier alpha value is -2.38. The second-order valence-corrected chi connectivity index (χ2v) is 9.37. The first-order valence-electron chi connectivity index (χ1n) is 10.00. The number of amides is 1. The van der Waals surface area contributed by atoms with Crippen molar-refractivity contribution in [2.45, 2.75) is 37.5 Å². The minimum atomic E-state index is -3.46. The maximum absolute atomic E-state index is 12.5. The van der Waals surface area contributed by atoms with Gasteiger partial charge in [0.15, 0.2) is 0 Å². The Morgan fingerprint density at radius 2 is 1.72 bits per heavy atom. The van der Waals surface area contributed by atoms with E-state index in [0.29, 0.717) is 37.7 Å². The quantitative estimate of drug-likeness (QED) is 0.669. The van der Waals surface area contributed by atoms with E-state index in [-0.39, 0.29) is 10.8 Å². The predicted octanol–water partition coefficient (Wildman–Crippen LogP) is 3.40. The molecule has 0 atom stereocenters.